The summed E-state index contributed by atoms with van der Waals surface area (Å²) in [4.78, 5) is 2.53. The van der Waals surface area contributed by atoms with Crippen LogP contribution in [-0.2, 0) is 0 Å². The lowest BCUT2D eigenvalue weighted by atomic mass is 9.94. The van der Waals surface area contributed by atoms with Gasteiger partial charge in [0.05, 0.1) is 0 Å². The summed E-state index contributed by atoms with van der Waals surface area (Å²) in [5.41, 5.74) is 2.27. The Morgan fingerprint density at radius 1 is 1.18 bits per heavy atom. The van der Waals surface area contributed by atoms with Crippen molar-refractivity contribution in [3.63, 3.8) is 0 Å². The van der Waals surface area contributed by atoms with E-state index in [0.717, 1.165) is 24.2 Å². The number of hydrogen-bond donors (Lipinski definition) is 1. The minimum atomic E-state index is -0.116. The molecule has 0 radical (unpaired) electrons. The predicted molar refractivity (Wildman–Crippen MR) is 67.7 cm³/mol. The van der Waals surface area contributed by atoms with E-state index in [1.165, 1.54) is 32.4 Å². The van der Waals surface area contributed by atoms with Crippen LogP contribution in [0.25, 0.3) is 0 Å². The third-order valence-corrected chi connectivity index (χ3v) is 3.94. The molecule has 17 heavy (non-hydrogen) atoms. The second-order valence-electron chi connectivity index (χ2n) is 5.06. The Morgan fingerprint density at radius 2 is 2.00 bits per heavy atom. The van der Waals surface area contributed by atoms with Crippen molar-refractivity contribution in [2.24, 2.45) is 0 Å². The number of anilines is 1. The first kappa shape index (κ1) is 11.0. The van der Waals surface area contributed by atoms with Gasteiger partial charge in [0.15, 0.2) is 0 Å². The molecule has 0 aliphatic carbocycles. The van der Waals surface area contributed by atoms with Gasteiger partial charge in [-0.15, -0.1) is 0 Å². The summed E-state index contributed by atoms with van der Waals surface area (Å²) in [5.74, 6) is -0.116. The van der Waals surface area contributed by atoms with Crippen molar-refractivity contribution in [2.45, 2.75) is 31.7 Å². The van der Waals surface area contributed by atoms with Gasteiger partial charge in [-0.25, -0.2) is 4.39 Å². The molecule has 0 spiro atoms. The molecule has 2 aliphatic heterocycles. The molecule has 1 saturated heterocycles. The van der Waals surface area contributed by atoms with Gasteiger partial charge in [-0.2, -0.15) is 0 Å². The number of hydrogen-bond acceptors (Lipinski definition) is 2. The summed E-state index contributed by atoms with van der Waals surface area (Å²) in [6, 6.07) is 5.55. The largest absolute Gasteiger partial charge is 0.385 e. The zero-order valence-corrected chi connectivity index (χ0v) is 10.1. The van der Waals surface area contributed by atoms with Gasteiger partial charge in [0.2, 0.25) is 0 Å². The van der Waals surface area contributed by atoms with E-state index in [1.54, 1.807) is 12.1 Å². The highest BCUT2D eigenvalue weighted by molar-refractivity contribution is 5.54. The SMILES string of the molecule is Fc1ccc2c(c1)C(N1CCCCC1)CCN2. The van der Waals surface area contributed by atoms with E-state index in [9.17, 15) is 4.39 Å². The first-order chi connectivity index (χ1) is 8.34. The average molecular weight is 234 g/mol. The molecule has 1 aromatic rings. The maximum atomic E-state index is 13.4. The highest BCUT2D eigenvalue weighted by Gasteiger charge is 2.27. The van der Waals surface area contributed by atoms with Gasteiger partial charge in [-0.05, 0) is 56.1 Å². The van der Waals surface area contributed by atoms with E-state index in [4.69, 9.17) is 0 Å². The fourth-order valence-corrected chi connectivity index (χ4v) is 3.08. The number of likely N-dealkylation sites (tertiary alicyclic amines) is 1. The molecule has 2 heterocycles. The average Bonchev–Trinajstić information content (AvgIpc) is 2.39. The van der Waals surface area contributed by atoms with E-state index in [2.05, 4.69) is 10.2 Å². The standard InChI is InChI=1S/C14H19FN2/c15-11-4-5-13-12(10-11)14(6-7-16-13)17-8-2-1-3-9-17/h4-5,10,14,16H,1-3,6-9H2. The maximum absolute atomic E-state index is 13.4. The van der Waals surface area contributed by atoms with Crippen molar-refractivity contribution in [1.82, 2.24) is 4.90 Å². The van der Waals surface area contributed by atoms with E-state index in [1.807, 2.05) is 6.07 Å². The van der Waals surface area contributed by atoms with Crippen LogP contribution < -0.4 is 5.32 Å². The van der Waals surface area contributed by atoms with Gasteiger partial charge in [-0.3, -0.25) is 4.90 Å². The summed E-state index contributed by atoms with van der Waals surface area (Å²) in [7, 11) is 0. The highest BCUT2D eigenvalue weighted by Crippen LogP contribution is 2.35. The van der Waals surface area contributed by atoms with Gasteiger partial charge in [-0.1, -0.05) is 6.42 Å². The minimum absolute atomic E-state index is 0.116. The van der Waals surface area contributed by atoms with Crippen molar-refractivity contribution < 1.29 is 4.39 Å². The Morgan fingerprint density at radius 3 is 2.82 bits per heavy atom. The van der Waals surface area contributed by atoms with Crippen LogP contribution >= 0.6 is 0 Å². The zero-order chi connectivity index (χ0) is 11.7. The molecule has 0 aromatic heterocycles. The van der Waals surface area contributed by atoms with Gasteiger partial charge in [0, 0.05) is 18.3 Å². The van der Waals surface area contributed by atoms with Crippen LogP contribution in [0.15, 0.2) is 18.2 Å². The van der Waals surface area contributed by atoms with Crippen LogP contribution in [0.1, 0.15) is 37.3 Å². The highest BCUT2D eigenvalue weighted by atomic mass is 19.1. The number of nitrogens with one attached hydrogen (secondary N) is 1. The summed E-state index contributed by atoms with van der Waals surface area (Å²) >= 11 is 0. The lowest BCUT2D eigenvalue weighted by molar-refractivity contribution is 0.156. The fraction of sp³-hybridized carbons (Fsp3) is 0.571. The monoisotopic (exact) mass is 234 g/mol. The molecule has 2 aliphatic rings. The maximum Gasteiger partial charge on any atom is 0.123 e. The molecule has 92 valence electrons. The number of piperidine rings is 1. The number of halogens is 1. The third-order valence-electron chi connectivity index (χ3n) is 3.94. The molecule has 1 N–H and O–H groups in total. The van der Waals surface area contributed by atoms with Crippen LogP contribution in [0, 0.1) is 5.82 Å². The topological polar surface area (TPSA) is 15.3 Å². The van der Waals surface area contributed by atoms with E-state index in [-0.39, 0.29) is 5.82 Å². The molecule has 0 bridgehead atoms. The second-order valence-corrected chi connectivity index (χ2v) is 5.06. The van der Waals surface area contributed by atoms with Crippen molar-refractivity contribution in [3.8, 4) is 0 Å². The lowest BCUT2D eigenvalue weighted by Crippen LogP contribution is -2.36. The van der Waals surface area contributed by atoms with Gasteiger partial charge >= 0.3 is 0 Å². The number of nitrogens with zero attached hydrogens (tertiary/aromatic N) is 1. The summed E-state index contributed by atoms with van der Waals surface area (Å²) in [5, 5.41) is 3.37. The van der Waals surface area contributed by atoms with Gasteiger partial charge < -0.3 is 5.32 Å². The summed E-state index contributed by atoms with van der Waals surface area (Å²) in [6.07, 6.45) is 5.01. The Labute approximate surface area is 102 Å². The molecular weight excluding hydrogens is 215 g/mol. The molecule has 1 unspecified atom stereocenters. The number of rotatable bonds is 1. The molecule has 3 heteroatoms. The van der Waals surface area contributed by atoms with Crippen molar-refractivity contribution in [2.75, 3.05) is 25.0 Å². The summed E-state index contributed by atoms with van der Waals surface area (Å²) < 4.78 is 13.4. The van der Waals surface area contributed by atoms with Gasteiger partial charge in [0.25, 0.3) is 0 Å². The minimum Gasteiger partial charge on any atom is -0.385 e. The van der Waals surface area contributed by atoms with Crippen molar-refractivity contribution >= 4 is 5.69 Å². The molecule has 1 fully saturated rings. The summed E-state index contributed by atoms with van der Waals surface area (Å²) in [6.45, 7) is 3.33. The number of fused-ring (bicyclic) bond motifs is 1. The Kier molecular flexibility index (Phi) is 3.02. The van der Waals surface area contributed by atoms with E-state index < -0.39 is 0 Å². The molecule has 2 nitrogen and oxygen atoms in total. The van der Waals surface area contributed by atoms with Gasteiger partial charge in [0.1, 0.15) is 5.82 Å². The molecule has 0 saturated carbocycles. The molecular formula is C14H19FN2. The van der Waals surface area contributed by atoms with Crippen LogP contribution in [0.3, 0.4) is 0 Å². The van der Waals surface area contributed by atoms with E-state index in [0.29, 0.717) is 6.04 Å². The molecule has 0 amide bonds. The van der Waals surface area contributed by atoms with Crippen LogP contribution in [0.2, 0.25) is 0 Å². The quantitative estimate of drug-likeness (QED) is 0.803. The van der Waals surface area contributed by atoms with Crippen LogP contribution in [-0.4, -0.2) is 24.5 Å². The second kappa shape index (κ2) is 4.65. The Balaban J connectivity index is 1.89. The third kappa shape index (κ3) is 2.16. The first-order valence-corrected chi connectivity index (χ1v) is 6.62. The molecule has 1 atom stereocenters. The number of benzene rings is 1. The Hall–Kier alpha value is -1.09. The Bertz CT molecular complexity index is 399. The van der Waals surface area contributed by atoms with Crippen LogP contribution in [0.4, 0.5) is 10.1 Å². The first-order valence-electron chi connectivity index (χ1n) is 6.62. The van der Waals surface area contributed by atoms with Crippen LogP contribution in [0.5, 0.6) is 0 Å². The zero-order valence-electron chi connectivity index (χ0n) is 10.1. The smallest absolute Gasteiger partial charge is 0.123 e. The predicted octanol–water partition coefficient (Wildman–Crippen LogP) is 3.17. The molecule has 3 rings (SSSR count). The lowest BCUT2D eigenvalue weighted by Gasteiger charge is -2.38. The molecule has 1 aromatic carbocycles. The van der Waals surface area contributed by atoms with Crippen molar-refractivity contribution in [1.29, 1.82) is 0 Å². The fourth-order valence-electron chi connectivity index (χ4n) is 3.08. The normalized spacial score (nSPS) is 25.1. The van der Waals surface area contributed by atoms with Crippen molar-refractivity contribution in [3.05, 3.63) is 29.6 Å². The van der Waals surface area contributed by atoms with E-state index >= 15 is 0 Å².